The molecule has 3 aliphatic carbocycles. The lowest BCUT2D eigenvalue weighted by Gasteiger charge is -2.53. The van der Waals surface area contributed by atoms with E-state index in [1.54, 1.807) is 49.3 Å². The molecule has 0 saturated heterocycles. The number of primary amides is 1. The van der Waals surface area contributed by atoms with Crippen LogP contribution in [-0.2, 0) is 20.8 Å². The van der Waals surface area contributed by atoms with Gasteiger partial charge in [0.15, 0.2) is 17.1 Å². The maximum atomic E-state index is 14.2. The van der Waals surface area contributed by atoms with Crippen LogP contribution in [0.1, 0.15) is 17.5 Å². The lowest BCUT2D eigenvalue weighted by Crippen LogP contribution is -2.70. The first-order chi connectivity index (χ1) is 20.5. The number of para-hydroxylation sites is 1. The van der Waals surface area contributed by atoms with Crippen LogP contribution in [0.15, 0.2) is 53.3 Å². The van der Waals surface area contributed by atoms with Crippen LogP contribution in [0, 0.1) is 5.92 Å². The van der Waals surface area contributed by atoms with Gasteiger partial charge in [0, 0.05) is 31.4 Å². The highest BCUT2D eigenvalue weighted by atomic mass is 16.3. The second-order valence-electron chi connectivity index (χ2n) is 11.8. The van der Waals surface area contributed by atoms with E-state index in [9.17, 15) is 39.6 Å². The molecule has 14 nitrogen and oxygen atoms in total. The van der Waals surface area contributed by atoms with E-state index in [-0.39, 0.29) is 24.1 Å². The van der Waals surface area contributed by atoms with Crippen molar-refractivity contribution >= 4 is 46.3 Å². The van der Waals surface area contributed by atoms with Crippen LogP contribution in [0.2, 0.25) is 0 Å². The first-order valence-electron chi connectivity index (χ1n) is 13.7. The first-order valence-corrected chi connectivity index (χ1v) is 13.7. The molecular weight excluding hydrogens is 572 g/mol. The maximum Gasteiger partial charge on any atom is 0.323 e. The fraction of sp³-hybridized carbons (Fsp3) is 0.333. The molecule has 0 unspecified atom stereocenters. The number of aromatic hydroxyl groups is 1. The van der Waals surface area contributed by atoms with Crippen LogP contribution in [0.5, 0.6) is 5.75 Å². The molecule has 5 rings (SSSR count). The van der Waals surface area contributed by atoms with Crippen LogP contribution >= 0.6 is 0 Å². The number of aliphatic hydroxyl groups is 3. The number of hydrogen-bond acceptors (Lipinski definition) is 11. The number of Topliss-reactive ketones (excluding diaryl/α,β-unsaturated/α-hetero) is 2. The molecule has 3 amide bonds. The van der Waals surface area contributed by atoms with E-state index in [2.05, 4.69) is 10.6 Å². The Bertz CT molecular complexity index is 1680. The Morgan fingerprint density at radius 1 is 1.02 bits per heavy atom. The summed E-state index contributed by atoms with van der Waals surface area (Å²) in [5.41, 5.74) is 7.20. The van der Waals surface area contributed by atoms with Crippen molar-refractivity contribution in [3.8, 4) is 5.75 Å². The van der Waals surface area contributed by atoms with Crippen LogP contribution < -0.4 is 27.0 Å². The summed E-state index contributed by atoms with van der Waals surface area (Å²) in [6.45, 7) is 0. The number of likely N-dealkylation sites (N-methyl/N-ethyl adjacent to an activating group) is 1. The lowest BCUT2D eigenvalue weighted by molar-refractivity contribution is -0.154. The third-order valence-electron chi connectivity index (χ3n) is 8.60. The first kappa shape index (κ1) is 30.5. The van der Waals surface area contributed by atoms with Crippen molar-refractivity contribution in [2.24, 2.45) is 17.4 Å². The number of phenolic OH excluding ortho intramolecular Hbond substituents is 1. The lowest BCUT2D eigenvalue weighted by atomic mass is 9.55. The molecule has 1 saturated carbocycles. The molecule has 0 bridgehead atoms. The Hall–Kier alpha value is -4.92. The number of amides is 3. The number of hydrogen-bond donors (Lipinski definition) is 8. The molecule has 0 radical (unpaired) electrons. The van der Waals surface area contributed by atoms with E-state index in [0.717, 1.165) is 0 Å². The summed E-state index contributed by atoms with van der Waals surface area (Å²) in [5.74, 6) is -7.38. The number of rotatable bonds is 5. The molecule has 2 aromatic carbocycles. The smallest absolute Gasteiger partial charge is 0.323 e. The Morgan fingerprint density at radius 2 is 1.66 bits per heavy atom. The number of nitrogens with one attached hydrogen (secondary N) is 2. The summed E-state index contributed by atoms with van der Waals surface area (Å²) in [4.78, 5) is 55.6. The van der Waals surface area contributed by atoms with Crippen molar-refractivity contribution in [2.45, 2.75) is 30.0 Å². The Labute approximate surface area is 252 Å². The summed E-state index contributed by atoms with van der Waals surface area (Å²) >= 11 is 0. The zero-order valence-corrected chi connectivity index (χ0v) is 24.5. The molecule has 0 aliphatic heterocycles. The zero-order valence-electron chi connectivity index (χ0n) is 24.5. The number of ketones is 2. The number of carbonyl (C=O) groups excluding carboxylic acids is 4. The van der Waals surface area contributed by atoms with Gasteiger partial charge in [-0.05, 0) is 50.7 Å². The van der Waals surface area contributed by atoms with Gasteiger partial charge in [-0.25, -0.2) is 4.79 Å². The fourth-order valence-corrected chi connectivity index (χ4v) is 6.70. The van der Waals surface area contributed by atoms with Crippen molar-refractivity contribution in [1.82, 2.24) is 4.90 Å². The number of nitrogens with two attached hydrogens (primary N) is 2. The van der Waals surface area contributed by atoms with Gasteiger partial charge in [0.1, 0.15) is 17.1 Å². The largest absolute Gasteiger partial charge is 0.508 e. The van der Waals surface area contributed by atoms with Crippen molar-refractivity contribution < 1.29 is 39.6 Å². The number of aliphatic hydroxyl groups excluding tert-OH is 2. The summed E-state index contributed by atoms with van der Waals surface area (Å²) in [6, 6.07) is 8.06. The summed E-state index contributed by atoms with van der Waals surface area (Å²) in [7, 11) is 6.39. The van der Waals surface area contributed by atoms with Crippen molar-refractivity contribution in [3.05, 3.63) is 64.4 Å². The normalized spacial score (nSPS) is 26.2. The van der Waals surface area contributed by atoms with Gasteiger partial charge in [0.25, 0.3) is 5.91 Å². The van der Waals surface area contributed by atoms with Gasteiger partial charge in [-0.1, -0.05) is 18.2 Å². The zero-order chi connectivity index (χ0) is 32.5. The number of benzene rings is 2. The molecule has 2 aromatic rings. The predicted octanol–water partition coefficient (Wildman–Crippen LogP) is 0.755. The molecular formula is C30H34N6O8. The van der Waals surface area contributed by atoms with Gasteiger partial charge in [-0.15, -0.1) is 0 Å². The molecule has 1 fully saturated rings. The second-order valence-corrected chi connectivity index (χ2v) is 11.8. The minimum atomic E-state index is -2.84. The van der Waals surface area contributed by atoms with Crippen molar-refractivity contribution in [1.29, 1.82) is 0 Å². The van der Waals surface area contributed by atoms with Crippen LogP contribution in [0.3, 0.4) is 0 Å². The van der Waals surface area contributed by atoms with E-state index < -0.39 is 75.0 Å². The molecule has 0 aromatic heterocycles. The minimum absolute atomic E-state index is 0.105. The van der Waals surface area contributed by atoms with E-state index in [1.165, 1.54) is 25.1 Å². The highest BCUT2D eigenvalue weighted by Gasteiger charge is 2.67. The number of fused-ring (bicyclic) bond motifs is 3. The summed E-state index contributed by atoms with van der Waals surface area (Å²) < 4.78 is 0. The van der Waals surface area contributed by atoms with Gasteiger partial charge in [-0.2, -0.15) is 0 Å². The predicted molar refractivity (Wildman–Crippen MR) is 161 cm³/mol. The number of nitrogens with zero attached hydrogens (tertiary/aromatic N) is 2. The van der Waals surface area contributed by atoms with Gasteiger partial charge < -0.3 is 47.4 Å². The molecule has 14 heteroatoms. The van der Waals surface area contributed by atoms with Gasteiger partial charge >= 0.3 is 6.03 Å². The SMILES string of the molecule is CN(C)c1cc(NC(=O)Nc2ccccc2)c(O)c2c1C[C@@]1(N)C[C@H]3[C@H](N(C)C)C(=O)C(C(N)=O)=C(O)[C@@]3(O)C(=O)C1=C2O. The topological polar surface area (TPSA) is 232 Å². The van der Waals surface area contributed by atoms with Crippen molar-refractivity contribution in [2.75, 3.05) is 43.7 Å². The Balaban J connectivity index is 1.69. The highest BCUT2D eigenvalue weighted by Crippen LogP contribution is 2.55. The highest BCUT2D eigenvalue weighted by molar-refractivity contribution is 6.25. The standard InChI is InChI=1S/C30H34N6O8/c1-35(2)17-10-16(34-28(43)33-13-8-6-5-7-9-13)22(37)18-14(17)11-29(32)12-15-21(36(3)4)24(39)19(27(31)42)25(40)30(15,44)26(41)20(29)23(18)38/h5-10,15,21,37-38,40,44H,11-12,32H2,1-4H3,(H2,31,42)(H2,33,34,43)/t15-,21-,29+,30+/m0/s1. The molecule has 4 atom stereocenters. The third-order valence-corrected chi connectivity index (χ3v) is 8.60. The summed E-state index contributed by atoms with van der Waals surface area (Å²) in [6.07, 6.45) is -0.426. The maximum absolute atomic E-state index is 14.2. The Kier molecular flexibility index (Phi) is 7.19. The van der Waals surface area contributed by atoms with E-state index in [0.29, 0.717) is 16.9 Å². The quantitative estimate of drug-likeness (QED) is 0.175. The molecule has 3 aliphatic rings. The molecule has 44 heavy (non-hydrogen) atoms. The number of carbonyl (C=O) groups is 4. The van der Waals surface area contributed by atoms with Gasteiger partial charge in [0.05, 0.1) is 28.4 Å². The molecule has 0 spiro atoms. The fourth-order valence-electron chi connectivity index (χ4n) is 6.70. The molecule has 10 N–H and O–H groups in total. The van der Waals surface area contributed by atoms with Crippen LogP contribution in [-0.4, -0.2) is 94.2 Å². The number of urea groups is 1. The van der Waals surface area contributed by atoms with E-state index in [1.807, 2.05) is 0 Å². The Morgan fingerprint density at radius 3 is 2.23 bits per heavy atom. The van der Waals surface area contributed by atoms with Crippen LogP contribution in [0.4, 0.5) is 21.9 Å². The van der Waals surface area contributed by atoms with E-state index in [4.69, 9.17) is 11.5 Å². The average molecular weight is 607 g/mol. The number of phenols is 1. The van der Waals surface area contributed by atoms with Crippen LogP contribution in [0.25, 0.3) is 5.76 Å². The molecule has 0 heterocycles. The average Bonchev–Trinajstić information content (AvgIpc) is 2.92. The van der Waals surface area contributed by atoms with Crippen molar-refractivity contribution in [3.63, 3.8) is 0 Å². The second kappa shape index (κ2) is 10.4. The number of anilines is 3. The van der Waals surface area contributed by atoms with Gasteiger partial charge in [-0.3, -0.25) is 19.3 Å². The van der Waals surface area contributed by atoms with Gasteiger partial charge in [0.2, 0.25) is 5.78 Å². The minimum Gasteiger partial charge on any atom is -0.508 e. The summed E-state index contributed by atoms with van der Waals surface area (Å²) in [5, 5.41) is 51.1. The third kappa shape index (κ3) is 4.37. The molecule has 232 valence electrons. The monoisotopic (exact) mass is 606 g/mol. The van der Waals surface area contributed by atoms with E-state index >= 15 is 0 Å².